The highest BCUT2D eigenvalue weighted by Gasteiger charge is 2.21. The highest BCUT2D eigenvalue weighted by Crippen LogP contribution is 2.44. The Kier molecular flexibility index (Phi) is 6.57. The predicted octanol–water partition coefficient (Wildman–Crippen LogP) is 13.2. The summed E-state index contributed by atoms with van der Waals surface area (Å²) in [6.07, 6.45) is 0. The summed E-state index contributed by atoms with van der Waals surface area (Å²) < 4.78 is 2.48. The number of fused-ring (bicyclic) bond motifs is 8. The number of rotatable bonds is 3. The lowest BCUT2D eigenvalue weighted by Gasteiger charge is -2.19. The van der Waals surface area contributed by atoms with Crippen LogP contribution >= 0.6 is 0 Å². The summed E-state index contributed by atoms with van der Waals surface area (Å²) in [5.41, 5.74) is 13.2. The van der Waals surface area contributed by atoms with Crippen molar-refractivity contribution in [3.8, 4) is 45.5 Å². The molecule has 2 aromatic heterocycles. The van der Waals surface area contributed by atoms with Crippen molar-refractivity contribution in [1.29, 1.82) is 10.5 Å². The molecule has 0 aliphatic heterocycles. The lowest BCUT2D eigenvalue weighted by atomic mass is 9.86. The summed E-state index contributed by atoms with van der Waals surface area (Å²) in [6, 6.07) is 56.7. The van der Waals surface area contributed by atoms with E-state index in [9.17, 15) is 10.5 Å². The highest BCUT2D eigenvalue weighted by molar-refractivity contribution is 6.27. The first-order chi connectivity index (χ1) is 25.7. The molecule has 0 spiro atoms. The quantitative estimate of drug-likeness (QED) is 0.187. The van der Waals surface area contributed by atoms with E-state index in [0.29, 0.717) is 11.1 Å². The summed E-state index contributed by atoms with van der Waals surface area (Å²) in [4.78, 5) is 0. The fourth-order valence-corrected chi connectivity index (χ4v) is 8.19. The average Bonchev–Trinajstić information content (AvgIpc) is 3.68. The van der Waals surface area contributed by atoms with Gasteiger partial charge in [-0.15, -0.1) is 0 Å². The molecule has 10 rings (SSSR count). The first kappa shape index (κ1) is 30.8. The molecular weight excluding hydrogens is 643 g/mol. The van der Waals surface area contributed by atoms with E-state index in [0.717, 1.165) is 22.3 Å². The molecule has 53 heavy (non-hydrogen) atoms. The minimum atomic E-state index is 0.0882. The van der Waals surface area contributed by atoms with Crippen LogP contribution in [0.4, 0.5) is 0 Å². The number of nitrogens with zero attached hydrogens (tertiary/aromatic N) is 3. The second-order valence-corrected chi connectivity index (χ2v) is 15.3. The number of nitriles is 2. The molecule has 0 atom stereocenters. The molecule has 0 saturated carbocycles. The van der Waals surface area contributed by atoms with Crippen molar-refractivity contribution in [3.05, 3.63) is 162 Å². The molecule has 248 valence electrons. The Balaban J connectivity index is 1.25. The van der Waals surface area contributed by atoms with Gasteiger partial charge in [0.05, 0.1) is 39.8 Å². The van der Waals surface area contributed by atoms with E-state index in [1.54, 1.807) is 0 Å². The molecule has 0 amide bonds. The van der Waals surface area contributed by atoms with Gasteiger partial charge in [0.1, 0.15) is 0 Å². The van der Waals surface area contributed by atoms with Crippen molar-refractivity contribution in [3.63, 3.8) is 0 Å². The standard InChI is InChI=1S/C50H33N3/c1-50(2,3)42-18-16-34(17-19-42)41-24-45-43-22-37-14-12-35(32-8-4-30(28-51)5-9-32)20-39(37)26-47(43)53-48-27-40-21-36(33-10-6-31(29-52)7-11-33)13-15-38(40)23-44(48)46(25-41)49(45)53/h4-27H,1-3H3. The maximum atomic E-state index is 9.33. The topological polar surface area (TPSA) is 52.0 Å². The zero-order chi connectivity index (χ0) is 36.0. The van der Waals surface area contributed by atoms with Crippen LogP contribution in [0.25, 0.3) is 93.0 Å². The molecule has 0 bridgehead atoms. The van der Waals surface area contributed by atoms with E-state index < -0.39 is 0 Å². The van der Waals surface area contributed by atoms with Gasteiger partial charge in [-0.1, -0.05) is 93.6 Å². The lowest BCUT2D eigenvalue weighted by molar-refractivity contribution is 0.590. The van der Waals surface area contributed by atoms with Gasteiger partial charge in [0.15, 0.2) is 0 Å². The van der Waals surface area contributed by atoms with Gasteiger partial charge < -0.3 is 4.40 Å². The average molecular weight is 676 g/mol. The van der Waals surface area contributed by atoms with Gasteiger partial charge in [0, 0.05) is 21.5 Å². The van der Waals surface area contributed by atoms with Gasteiger partial charge in [0.25, 0.3) is 0 Å². The summed E-state index contributed by atoms with van der Waals surface area (Å²) in [5, 5.41) is 28.4. The Bertz CT molecular complexity index is 2990. The number of hydrogen-bond donors (Lipinski definition) is 0. The monoisotopic (exact) mass is 675 g/mol. The first-order valence-corrected chi connectivity index (χ1v) is 18.0. The van der Waals surface area contributed by atoms with Crippen molar-refractivity contribution < 1.29 is 0 Å². The lowest BCUT2D eigenvalue weighted by Crippen LogP contribution is -2.10. The van der Waals surface area contributed by atoms with E-state index in [4.69, 9.17) is 0 Å². The summed E-state index contributed by atoms with van der Waals surface area (Å²) in [7, 11) is 0. The van der Waals surface area contributed by atoms with Gasteiger partial charge in [-0.3, -0.25) is 0 Å². The van der Waals surface area contributed by atoms with Crippen LogP contribution in [0.2, 0.25) is 0 Å². The Labute approximate surface area is 307 Å². The van der Waals surface area contributed by atoms with Crippen molar-refractivity contribution in [2.75, 3.05) is 0 Å². The van der Waals surface area contributed by atoms with Crippen molar-refractivity contribution in [1.82, 2.24) is 4.40 Å². The number of benzene rings is 8. The van der Waals surface area contributed by atoms with Crippen LogP contribution in [0.1, 0.15) is 37.5 Å². The molecule has 2 heterocycles. The SMILES string of the molecule is CC(C)(C)c1ccc(-c2cc3c4cc5ccc(-c6ccc(C#N)cc6)cc5cc4n4c5cc6cc(-c7ccc(C#N)cc7)ccc6cc5c(c2)c34)cc1. The molecule has 0 N–H and O–H groups in total. The fraction of sp³-hybridized carbons (Fsp3) is 0.0800. The second-order valence-electron chi connectivity index (χ2n) is 15.3. The largest absolute Gasteiger partial charge is 0.308 e. The van der Waals surface area contributed by atoms with Crippen molar-refractivity contribution >= 4 is 59.6 Å². The number of hydrogen-bond acceptors (Lipinski definition) is 2. The van der Waals surface area contributed by atoms with Gasteiger partial charge in [-0.2, -0.15) is 10.5 Å². The van der Waals surface area contributed by atoms with Crippen LogP contribution in [0, 0.1) is 22.7 Å². The van der Waals surface area contributed by atoms with Gasteiger partial charge in [0.2, 0.25) is 0 Å². The maximum absolute atomic E-state index is 9.33. The van der Waals surface area contributed by atoms with E-state index in [1.165, 1.54) is 76.3 Å². The Hall–Kier alpha value is -6.94. The van der Waals surface area contributed by atoms with E-state index in [-0.39, 0.29) is 5.41 Å². The van der Waals surface area contributed by atoms with E-state index in [2.05, 4.69) is 134 Å². The smallest absolute Gasteiger partial charge is 0.0991 e. The Morgan fingerprint density at radius 1 is 0.396 bits per heavy atom. The van der Waals surface area contributed by atoms with Crippen LogP contribution < -0.4 is 0 Å². The summed E-state index contributed by atoms with van der Waals surface area (Å²) >= 11 is 0. The molecule has 0 saturated heterocycles. The Morgan fingerprint density at radius 3 is 1.25 bits per heavy atom. The summed E-state index contributed by atoms with van der Waals surface area (Å²) in [6.45, 7) is 6.78. The molecule has 3 nitrogen and oxygen atoms in total. The third-order valence-corrected chi connectivity index (χ3v) is 11.1. The molecule has 8 aromatic carbocycles. The minimum Gasteiger partial charge on any atom is -0.308 e. The normalized spacial score (nSPS) is 12.0. The van der Waals surface area contributed by atoms with E-state index in [1.807, 2.05) is 48.5 Å². The molecule has 0 aliphatic carbocycles. The van der Waals surface area contributed by atoms with Crippen molar-refractivity contribution in [2.24, 2.45) is 0 Å². The predicted molar refractivity (Wildman–Crippen MR) is 221 cm³/mol. The van der Waals surface area contributed by atoms with Crippen LogP contribution in [0.3, 0.4) is 0 Å². The third kappa shape index (κ3) is 4.86. The number of aromatic nitrogens is 1. The van der Waals surface area contributed by atoms with Crippen LogP contribution in [-0.2, 0) is 5.41 Å². The molecule has 0 unspecified atom stereocenters. The van der Waals surface area contributed by atoms with Gasteiger partial charge >= 0.3 is 0 Å². The zero-order valence-corrected chi connectivity index (χ0v) is 29.7. The highest BCUT2D eigenvalue weighted by atomic mass is 14.9. The zero-order valence-electron chi connectivity index (χ0n) is 29.7. The molecule has 0 radical (unpaired) electrons. The summed E-state index contributed by atoms with van der Waals surface area (Å²) in [5.74, 6) is 0. The maximum Gasteiger partial charge on any atom is 0.0991 e. The third-order valence-electron chi connectivity index (χ3n) is 11.1. The second kappa shape index (κ2) is 11.3. The van der Waals surface area contributed by atoms with Gasteiger partial charge in [-0.25, -0.2) is 0 Å². The molecule has 0 aliphatic rings. The first-order valence-electron chi connectivity index (χ1n) is 18.0. The van der Waals surface area contributed by atoms with E-state index >= 15 is 0 Å². The molecule has 3 heteroatoms. The Morgan fingerprint density at radius 2 is 0.811 bits per heavy atom. The van der Waals surface area contributed by atoms with Crippen LogP contribution in [0.15, 0.2) is 146 Å². The van der Waals surface area contributed by atoms with Crippen molar-refractivity contribution in [2.45, 2.75) is 26.2 Å². The fourth-order valence-electron chi connectivity index (χ4n) is 8.19. The van der Waals surface area contributed by atoms with Crippen LogP contribution in [0.5, 0.6) is 0 Å². The molecule has 0 fully saturated rings. The molecule has 10 aromatic rings. The minimum absolute atomic E-state index is 0.0882. The van der Waals surface area contributed by atoms with Gasteiger partial charge in [-0.05, 0) is 139 Å². The molecular formula is C50H33N3. The van der Waals surface area contributed by atoms with Crippen LogP contribution in [-0.4, -0.2) is 4.40 Å².